The molecule has 404 valence electrons. The van der Waals surface area contributed by atoms with Crippen LogP contribution in [0.25, 0.3) is 66.1 Å². The third-order valence-corrected chi connectivity index (χ3v) is 18.4. The van der Waals surface area contributed by atoms with Crippen molar-refractivity contribution in [3.05, 3.63) is 168 Å². The lowest BCUT2D eigenvalue weighted by Gasteiger charge is -2.35. The normalized spacial score (nSPS) is 17.2. The van der Waals surface area contributed by atoms with Crippen LogP contribution in [-0.2, 0) is 19.7 Å². The Balaban J connectivity index is 0.000000165. The first-order valence-corrected chi connectivity index (χ1v) is 30.1. The van der Waals surface area contributed by atoms with Crippen molar-refractivity contribution in [2.24, 2.45) is 11.8 Å². The molecule has 6 aromatic heterocycles. The van der Waals surface area contributed by atoms with Gasteiger partial charge in [-0.05, 0) is 136 Å². The van der Waals surface area contributed by atoms with Crippen molar-refractivity contribution in [2.75, 3.05) is 12.5 Å². The monoisotopic (exact) mass is 1100 g/mol. The molecule has 16 heteroatoms. The largest absolute Gasteiger partial charge is 0.469 e. The highest BCUT2D eigenvalue weighted by Crippen LogP contribution is 2.49. The molecule has 2 aliphatic rings. The fourth-order valence-electron chi connectivity index (χ4n) is 12.4. The summed E-state index contributed by atoms with van der Waals surface area (Å²) in [6.07, 6.45) is 10.3. The van der Waals surface area contributed by atoms with E-state index in [0.717, 1.165) is 99.9 Å². The Hall–Kier alpha value is -7.04. The predicted octanol–water partition coefficient (Wildman–Crippen LogP) is 15.8. The average Bonchev–Trinajstić information content (AvgIpc) is 4.24. The Morgan fingerprint density at radius 1 is 0.513 bits per heavy atom. The predicted molar refractivity (Wildman–Crippen MR) is 298 cm³/mol. The summed E-state index contributed by atoms with van der Waals surface area (Å²) < 4.78 is 123. The molecule has 2 saturated carbocycles. The fraction of sp³-hybridized carbons (Fsp3) is 0.323. The minimum atomic E-state index is -3.48. The van der Waals surface area contributed by atoms with E-state index in [4.69, 9.17) is 18.8 Å². The Morgan fingerprint density at radius 2 is 0.872 bits per heavy atom. The number of nitrogens with zero attached hydrogens (tertiary/aromatic N) is 4. The summed E-state index contributed by atoms with van der Waals surface area (Å²) in [4.78, 5) is 10.2. The van der Waals surface area contributed by atoms with E-state index in [1.165, 1.54) is 12.5 Å². The minimum Gasteiger partial charge on any atom is -0.469 e. The summed E-state index contributed by atoms with van der Waals surface area (Å²) >= 11 is 0. The summed E-state index contributed by atoms with van der Waals surface area (Å²) in [5, 5.41) is 1.65. The summed E-state index contributed by atoms with van der Waals surface area (Å²) in [6, 6.07) is 33.6. The number of pyridine rings is 2. The van der Waals surface area contributed by atoms with Crippen LogP contribution in [0.5, 0.6) is 0 Å². The maximum atomic E-state index is 14.3. The number of hydrogen-bond acceptors (Lipinski definition) is 8. The highest BCUT2D eigenvalue weighted by molar-refractivity contribution is 7.91. The molecule has 0 spiro atoms. The van der Waals surface area contributed by atoms with Gasteiger partial charge in [-0.3, -0.25) is 9.97 Å². The van der Waals surface area contributed by atoms with Crippen LogP contribution >= 0.6 is 0 Å². The molecule has 0 aliphatic heterocycles. The molecular formula is C62H60F4N4O6S2. The SMILES string of the molecule is Cc1coc(C)c1-c1cnc2c3ccc(S(C)(=O)=O)cc3n(C(c3ccccc3)C3CCC(F)(F)CC3)c2c1.Cc1coc(C)c1-c1cnc2c3ccc(S(C)(=O)=O)cc3n(C(c3ccccc3)C3CCC(F)(F)CC3)c2c1. The lowest BCUT2D eigenvalue weighted by atomic mass is 9.79. The standard InChI is InChI=1S/2C31H30F2N2O3S/c2*1-19-18-38-20(2)28(19)23-15-27-29(34-17-23)25-10-9-24(39(3,36)37)16-26(25)35(27)30(21-7-5-4-6-8-21)22-11-13-31(32,33)14-12-22/h2*4-10,15-18,22,30H,11-14H2,1-3H3. The third-order valence-electron chi connectivity index (χ3n) is 16.2. The van der Waals surface area contributed by atoms with Crippen LogP contribution in [0.2, 0.25) is 0 Å². The zero-order valence-corrected chi connectivity index (χ0v) is 45.9. The van der Waals surface area contributed by atoms with Gasteiger partial charge in [0, 0.05) is 83.6 Å². The number of alkyl halides is 4. The zero-order valence-electron chi connectivity index (χ0n) is 44.2. The number of halogens is 4. The molecule has 10 nitrogen and oxygen atoms in total. The molecule has 2 fully saturated rings. The molecule has 2 atom stereocenters. The Morgan fingerprint density at radius 3 is 1.19 bits per heavy atom. The van der Waals surface area contributed by atoms with Gasteiger partial charge >= 0.3 is 0 Å². The van der Waals surface area contributed by atoms with Crippen LogP contribution in [0.3, 0.4) is 0 Å². The number of aryl methyl sites for hydroxylation is 4. The van der Waals surface area contributed by atoms with Crippen molar-refractivity contribution in [1.82, 2.24) is 19.1 Å². The highest BCUT2D eigenvalue weighted by atomic mass is 32.2. The smallest absolute Gasteiger partial charge is 0.248 e. The zero-order chi connectivity index (χ0) is 55.1. The van der Waals surface area contributed by atoms with Crippen LogP contribution < -0.4 is 0 Å². The van der Waals surface area contributed by atoms with Crippen LogP contribution in [0.15, 0.2) is 153 Å². The molecule has 0 radical (unpaired) electrons. The maximum Gasteiger partial charge on any atom is 0.248 e. The van der Waals surface area contributed by atoms with Crippen LogP contribution in [0.1, 0.15) is 97.2 Å². The van der Waals surface area contributed by atoms with Gasteiger partial charge in [-0.25, -0.2) is 34.4 Å². The molecule has 0 amide bonds. The van der Waals surface area contributed by atoms with Crippen LogP contribution in [-0.4, -0.2) is 60.3 Å². The van der Waals surface area contributed by atoms with E-state index in [-0.39, 0.29) is 59.4 Å². The number of benzene rings is 4. The molecule has 2 unspecified atom stereocenters. The van der Waals surface area contributed by atoms with E-state index in [9.17, 15) is 34.4 Å². The first kappa shape index (κ1) is 53.0. The second kappa shape index (κ2) is 20.0. The van der Waals surface area contributed by atoms with Gasteiger partial charge in [0.25, 0.3) is 0 Å². The van der Waals surface area contributed by atoms with Gasteiger partial charge in [0.05, 0.1) is 67.5 Å². The van der Waals surface area contributed by atoms with E-state index in [1.807, 2.05) is 113 Å². The lowest BCUT2D eigenvalue weighted by molar-refractivity contribution is -0.0498. The molecule has 4 aromatic carbocycles. The number of fused-ring (bicyclic) bond motifs is 6. The molecular weight excluding hydrogens is 1040 g/mol. The van der Waals surface area contributed by atoms with Crippen molar-refractivity contribution in [3.63, 3.8) is 0 Å². The molecule has 0 saturated heterocycles. The molecule has 2 aliphatic carbocycles. The number of rotatable bonds is 10. The lowest BCUT2D eigenvalue weighted by Crippen LogP contribution is -2.30. The van der Waals surface area contributed by atoms with E-state index in [1.54, 1.807) is 36.8 Å². The Labute approximate surface area is 451 Å². The van der Waals surface area contributed by atoms with Crippen molar-refractivity contribution >= 4 is 63.5 Å². The molecule has 78 heavy (non-hydrogen) atoms. The Bertz CT molecular complexity index is 3820. The maximum absolute atomic E-state index is 14.3. The van der Waals surface area contributed by atoms with E-state index in [2.05, 4.69) is 21.3 Å². The fourth-order valence-corrected chi connectivity index (χ4v) is 13.7. The molecule has 12 rings (SSSR count). The molecule has 0 bridgehead atoms. The summed E-state index contributed by atoms with van der Waals surface area (Å²) in [5.41, 5.74) is 12.3. The number of furan rings is 2. The van der Waals surface area contributed by atoms with Crippen molar-refractivity contribution in [2.45, 2.75) is 113 Å². The second-order valence-electron chi connectivity index (χ2n) is 21.6. The first-order valence-electron chi connectivity index (χ1n) is 26.3. The van der Waals surface area contributed by atoms with Gasteiger partial charge < -0.3 is 18.0 Å². The van der Waals surface area contributed by atoms with E-state index >= 15 is 0 Å². The van der Waals surface area contributed by atoms with Gasteiger partial charge in [0.1, 0.15) is 11.5 Å². The quantitative estimate of drug-likeness (QED) is 0.124. The van der Waals surface area contributed by atoms with Crippen molar-refractivity contribution < 1.29 is 43.2 Å². The van der Waals surface area contributed by atoms with Gasteiger partial charge in [0.15, 0.2) is 19.7 Å². The van der Waals surface area contributed by atoms with Crippen LogP contribution in [0.4, 0.5) is 17.6 Å². The highest BCUT2D eigenvalue weighted by Gasteiger charge is 2.41. The van der Waals surface area contributed by atoms with E-state index < -0.39 is 31.5 Å². The van der Waals surface area contributed by atoms with Gasteiger partial charge in [0.2, 0.25) is 11.8 Å². The summed E-state index contributed by atoms with van der Waals surface area (Å²) in [5.74, 6) is -3.88. The van der Waals surface area contributed by atoms with Gasteiger partial charge in [-0.2, -0.15) is 0 Å². The molecule has 0 N–H and O–H groups in total. The van der Waals surface area contributed by atoms with Gasteiger partial charge in [-0.1, -0.05) is 60.7 Å². The Kier molecular flexibility index (Phi) is 13.6. The van der Waals surface area contributed by atoms with Crippen LogP contribution in [0, 0.1) is 39.5 Å². The first-order chi connectivity index (χ1) is 37.1. The molecule has 6 heterocycles. The topological polar surface area (TPSA) is 130 Å². The number of sulfone groups is 2. The minimum absolute atomic E-state index is 0.0613. The summed E-state index contributed by atoms with van der Waals surface area (Å²) in [6.45, 7) is 7.79. The van der Waals surface area contributed by atoms with Gasteiger partial charge in [-0.15, -0.1) is 0 Å². The number of aromatic nitrogens is 4. The van der Waals surface area contributed by atoms with Crippen molar-refractivity contribution in [1.29, 1.82) is 0 Å². The van der Waals surface area contributed by atoms with Crippen molar-refractivity contribution in [3.8, 4) is 22.3 Å². The molecule has 10 aromatic rings. The third kappa shape index (κ3) is 9.94. The second-order valence-corrected chi connectivity index (χ2v) is 25.7. The van der Waals surface area contributed by atoms with E-state index in [0.29, 0.717) is 25.7 Å². The summed E-state index contributed by atoms with van der Waals surface area (Å²) in [7, 11) is -6.96. The number of hydrogen-bond donors (Lipinski definition) is 0. The average molecular weight is 1100 g/mol.